The van der Waals surface area contributed by atoms with Gasteiger partial charge < -0.3 is 15.7 Å². The molecular weight excluding hydrogens is 298 g/mol. The molecule has 0 saturated carbocycles. The summed E-state index contributed by atoms with van der Waals surface area (Å²) in [4.78, 5) is 22.0. The van der Waals surface area contributed by atoms with Crippen LogP contribution in [0.4, 0.5) is 10.5 Å². The van der Waals surface area contributed by atoms with Crippen LogP contribution in [-0.4, -0.2) is 37.8 Å². The second kappa shape index (κ2) is 7.60. The second-order valence-electron chi connectivity index (χ2n) is 4.37. The highest BCUT2D eigenvalue weighted by Crippen LogP contribution is 2.09. The Morgan fingerprint density at radius 3 is 2.33 bits per heavy atom. The Bertz CT molecular complexity index is 598. The summed E-state index contributed by atoms with van der Waals surface area (Å²) in [6, 6.07) is 5.90. The molecule has 9 heteroatoms. The van der Waals surface area contributed by atoms with Gasteiger partial charge in [0.1, 0.15) is 0 Å². The fourth-order valence-electron chi connectivity index (χ4n) is 1.53. The minimum atomic E-state index is -3.52. The Morgan fingerprint density at radius 2 is 1.81 bits per heavy atom. The van der Waals surface area contributed by atoms with E-state index >= 15 is 0 Å². The van der Waals surface area contributed by atoms with Crippen LogP contribution in [0.15, 0.2) is 24.3 Å². The molecule has 1 rings (SSSR count). The SMILES string of the molecule is NS(=O)(=O)CCCNC(=O)Nc1ccc(CC(=O)O)cc1. The topological polar surface area (TPSA) is 139 Å². The van der Waals surface area contributed by atoms with E-state index in [1.54, 1.807) is 24.3 Å². The maximum atomic E-state index is 11.5. The molecule has 0 aliphatic rings. The van der Waals surface area contributed by atoms with Crippen molar-refractivity contribution >= 4 is 27.7 Å². The summed E-state index contributed by atoms with van der Waals surface area (Å²) in [6.45, 7) is 0.180. The van der Waals surface area contributed by atoms with E-state index in [1.165, 1.54) is 0 Å². The molecule has 0 aliphatic heterocycles. The maximum absolute atomic E-state index is 11.5. The van der Waals surface area contributed by atoms with Crippen molar-refractivity contribution in [1.82, 2.24) is 5.32 Å². The molecule has 8 nitrogen and oxygen atoms in total. The van der Waals surface area contributed by atoms with Crippen LogP contribution in [-0.2, 0) is 21.2 Å². The second-order valence-corrected chi connectivity index (χ2v) is 6.10. The van der Waals surface area contributed by atoms with E-state index in [1.807, 2.05) is 0 Å². The van der Waals surface area contributed by atoms with E-state index in [9.17, 15) is 18.0 Å². The average Bonchev–Trinajstić information content (AvgIpc) is 2.35. The summed E-state index contributed by atoms with van der Waals surface area (Å²) in [5, 5.41) is 18.5. The molecular formula is C12H17N3O5S. The summed E-state index contributed by atoms with van der Waals surface area (Å²) in [6.07, 6.45) is 0.143. The molecule has 21 heavy (non-hydrogen) atoms. The number of nitrogens with one attached hydrogen (secondary N) is 2. The Labute approximate surface area is 122 Å². The van der Waals surface area contributed by atoms with Crippen molar-refractivity contribution < 1.29 is 23.1 Å². The number of hydrogen-bond acceptors (Lipinski definition) is 4. The number of aliphatic carboxylic acids is 1. The van der Waals surface area contributed by atoms with Crippen molar-refractivity contribution in [2.45, 2.75) is 12.8 Å². The zero-order valence-electron chi connectivity index (χ0n) is 11.2. The summed E-state index contributed by atoms with van der Waals surface area (Å²) in [7, 11) is -3.52. The van der Waals surface area contributed by atoms with E-state index in [-0.39, 0.29) is 25.1 Å². The quantitative estimate of drug-likeness (QED) is 0.529. The van der Waals surface area contributed by atoms with Crippen LogP contribution >= 0.6 is 0 Å². The monoisotopic (exact) mass is 315 g/mol. The van der Waals surface area contributed by atoms with Crippen LogP contribution in [0.25, 0.3) is 0 Å². The predicted molar refractivity (Wildman–Crippen MR) is 77.4 cm³/mol. The molecule has 116 valence electrons. The molecule has 0 heterocycles. The van der Waals surface area contributed by atoms with Crippen LogP contribution < -0.4 is 15.8 Å². The average molecular weight is 315 g/mol. The third-order valence-electron chi connectivity index (χ3n) is 2.46. The number of rotatable bonds is 7. The predicted octanol–water partition coefficient (Wildman–Crippen LogP) is 0.114. The molecule has 1 aromatic carbocycles. The highest BCUT2D eigenvalue weighted by molar-refractivity contribution is 7.89. The first kappa shape index (κ1) is 16.9. The van der Waals surface area contributed by atoms with Crippen molar-refractivity contribution in [1.29, 1.82) is 0 Å². The van der Waals surface area contributed by atoms with Gasteiger partial charge in [0.25, 0.3) is 0 Å². The maximum Gasteiger partial charge on any atom is 0.319 e. The standard InChI is InChI=1S/C12H17N3O5S/c13-21(19,20)7-1-6-14-12(18)15-10-4-2-9(3-5-10)8-11(16)17/h2-5H,1,6-8H2,(H,16,17)(H2,13,19,20)(H2,14,15,18). The van der Waals surface area contributed by atoms with E-state index in [4.69, 9.17) is 10.2 Å². The minimum absolute atomic E-state index is 0.0833. The van der Waals surface area contributed by atoms with Crippen LogP contribution in [0, 0.1) is 0 Å². The molecule has 0 spiro atoms. The minimum Gasteiger partial charge on any atom is -0.481 e. The van der Waals surface area contributed by atoms with Gasteiger partial charge in [0.15, 0.2) is 0 Å². The van der Waals surface area contributed by atoms with Crippen molar-refractivity contribution in [2.24, 2.45) is 5.14 Å². The lowest BCUT2D eigenvalue weighted by Gasteiger charge is -2.07. The van der Waals surface area contributed by atoms with Crippen LogP contribution in [0.1, 0.15) is 12.0 Å². The van der Waals surface area contributed by atoms with Gasteiger partial charge in [-0.2, -0.15) is 0 Å². The molecule has 2 amide bonds. The fraction of sp³-hybridized carbons (Fsp3) is 0.333. The molecule has 5 N–H and O–H groups in total. The van der Waals surface area contributed by atoms with Gasteiger partial charge in [-0.05, 0) is 24.1 Å². The molecule has 0 bridgehead atoms. The number of primary sulfonamides is 1. The van der Waals surface area contributed by atoms with Crippen LogP contribution in [0.3, 0.4) is 0 Å². The van der Waals surface area contributed by atoms with Gasteiger partial charge in [0.05, 0.1) is 12.2 Å². The smallest absolute Gasteiger partial charge is 0.319 e. The molecule has 0 atom stereocenters. The highest BCUT2D eigenvalue weighted by atomic mass is 32.2. The summed E-state index contributed by atoms with van der Waals surface area (Å²) >= 11 is 0. The molecule has 0 aliphatic carbocycles. The van der Waals surface area contributed by atoms with Gasteiger partial charge in [-0.25, -0.2) is 18.4 Å². The normalized spacial score (nSPS) is 10.9. The van der Waals surface area contributed by atoms with Gasteiger partial charge in [-0.3, -0.25) is 4.79 Å². The number of carboxylic acid groups (broad SMARTS) is 1. The van der Waals surface area contributed by atoms with Gasteiger partial charge in [0.2, 0.25) is 10.0 Å². The number of urea groups is 1. The van der Waals surface area contributed by atoms with Crippen LogP contribution in [0.5, 0.6) is 0 Å². The Kier molecular flexibility index (Phi) is 6.12. The van der Waals surface area contributed by atoms with Crippen LogP contribution in [0.2, 0.25) is 0 Å². The number of sulfonamides is 1. The Morgan fingerprint density at radius 1 is 1.19 bits per heavy atom. The summed E-state index contributed by atoms with van der Waals surface area (Å²) in [5.74, 6) is -1.12. The third kappa shape index (κ3) is 7.90. The number of carboxylic acids is 1. The lowest BCUT2D eigenvalue weighted by molar-refractivity contribution is -0.136. The lowest BCUT2D eigenvalue weighted by atomic mass is 10.1. The molecule has 0 unspecified atom stereocenters. The Balaban J connectivity index is 2.36. The number of benzene rings is 1. The number of amides is 2. The van der Waals surface area contributed by atoms with E-state index in [2.05, 4.69) is 10.6 Å². The van der Waals surface area contributed by atoms with E-state index < -0.39 is 22.0 Å². The third-order valence-corrected chi connectivity index (χ3v) is 3.32. The number of anilines is 1. The first-order chi connectivity index (χ1) is 9.76. The number of hydrogen-bond donors (Lipinski definition) is 4. The van der Waals surface area contributed by atoms with Crippen molar-refractivity contribution in [2.75, 3.05) is 17.6 Å². The van der Waals surface area contributed by atoms with Crippen molar-refractivity contribution in [3.05, 3.63) is 29.8 Å². The van der Waals surface area contributed by atoms with Crippen molar-refractivity contribution in [3.63, 3.8) is 0 Å². The van der Waals surface area contributed by atoms with Gasteiger partial charge in [-0.1, -0.05) is 12.1 Å². The van der Waals surface area contributed by atoms with Gasteiger partial charge >= 0.3 is 12.0 Å². The number of carbonyl (C=O) groups excluding carboxylic acids is 1. The lowest BCUT2D eigenvalue weighted by Crippen LogP contribution is -2.31. The summed E-state index contributed by atoms with van der Waals surface area (Å²) in [5.41, 5.74) is 1.13. The molecule has 1 aromatic rings. The van der Waals surface area contributed by atoms with E-state index in [0.717, 1.165) is 0 Å². The molecule has 0 radical (unpaired) electrons. The molecule has 0 fully saturated rings. The first-order valence-electron chi connectivity index (χ1n) is 6.12. The van der Waals surface area contributed by atoms with Gasteiger partial charge in [-0.15, -0.1) is 0 Å². The molecule has 0 aromatic heterocycles. The summed E-state index contributed by atoms with van der Waals surface area (Å²) < 4.78 is 21.4. The number of nitrogens with two attached hydrogens (primary N) is 1. The van der Waals surface area contributed by atoms with Gasteiger partial charge in [0, 0.05) is 12.2 Å². The fourth-order valence-corrected chi connectivity index (χ4v) is 2.08. The molecule has 0 saturated heterocycles. The zero-order valence-corrected chi connectivity index (χ0v) is 12.0. The highest BCUT2D eigenvalue weighted by Gasteiger charge is 2.05. The van der Waals surface area contributed by atoms with Crippen molar-refractivity contribution in [3.8, 4) is 0 Å². The largest absolute Gasteiger partial charge is 0.481 e. The number of carbonyl (C=O) groups is 2. The zero-order chi connectivity index (χ0) is 15.9. The first-order valence-corrected chi connectivity index (χ1v) is 7.84. The van der Waals surface area contributed by atoms with E-state index in [0.29, 0.717) is 11.3 Å². The Hall–Kier alpha value is -2.13.